The van der Waals surface area contributed by atoms with Crippen LogP contribution in [0.3, 0.4) is 0 Å². The first-order valence-corrected chi connectivity index (χ1v) is 7.95. The standard InChI is InChI=1S/C18H16ClFN2O2/c1-11-3-2-4-14(7-11)22-10-12(8-17(22)23)18(24)21-13-5-6-16(20)15(19)9-13/h2-7,9,12H,8,10H2,1H3,(H,21,24). The van der Waals surface area contributed by atoms with Crippen LogP contribution in [-0.4, -0.2) is 18.4 Å². The van der Waals surface area contributed by atoms with E-state index in [9.17, 15) is 14.0 Å². The van der Waals surface area contributed by atoms with Gasteiger partial charge in [0.15, 0.2) is 0 Å². The molecule has 1 unspecified atom stereocenters. The van der Waals surface area contributed by atoms with Crippen molar-refractivity contribution in [3.63, 3.8) is 0 Å². The largest absolute Gasteiger partial charge is 0.326 e. The van der Waals surface area contributed by atoms with E-state index in [0.29, 0.717) is 12.2 Å². The van der Waals surface area contributed by atoms with Gasteiger partial charge in [-0.2, -0.15) is 0 Å². The molecule has 1 N–H and O–H groups in total. The summed E-state index contributed by atoms with van der Waals surface area (Å²) in [6, 6.07) is 11.6. The summed E-state index contributed by atoms with van der Waals surface area (Å²) in [5.41, 5.74) is 2.25. The molecule has 0 aromatic heterocycles. The number of halogens is 2. The molecule has 2 aromatic carbocycles. The van der Waals surface area contributed by atoms with E-state index in [2.05, 4.69) is 5.32 Å². The lowest BCUT2D eigenvalue weighted by Crippen LogP contribution is -2.28. The highest BCUT2D eigenvalue weighted by molar-refractivity contribution is 6.31. The predicted octanol–water partition coefficient (Wildman–Crippen LogP) is 3.78. The summed E-state index contributed by atoms with van der Waals surface area (Å²) >= 11 is 5.71. The fraction of sp³-hybridized carbons (Fsp3) is 0.222. The second kappa shape index (κ2) is 6.61. The number of nitrogens with one attached hydrogen (secondary N) is 1. The number of benzene rings is 2. The maximum atomic E-state index is 13.2. The van der Waals surface area contributed by atoms with Gasteiger partial charge in [0, 0.05) is 24.3 Å². The Kier molecular flexibility index (Phi) is 4.53. The van der Waals surface area contributed by atoms with Crippen molar-refractivity contribution in [1.82, 2.24) is 0 Å². The second-order valence-electron chi connectivity index (χ2n) is 5.86. The van der Waals surface area contributed by atoms with Gasteiger partial charge in [-0.1, -0.05) is 23.7 Å². The summed E-state index contributed by atoms with van der Waals surface area (Å²) in [7, 11) is 0. The Morgan fingerprint density at radius 2 is 2.08 bits per heavy atom. The number of amides is 2. The number of carbonyl (C=O) groups is 2. The molecule has 1 saturated heterocycles. The molecule has 2 amide bonds. The number of nitrogens with zero attached hydrogens (tertiary/aromatic N) is 1. The minimum absolute atomic E-state index is 0.0586. The first kappa shape index (κ1) is 16.5. The van der Waals surface area contributed by atoms with Gasteiger partial charge in [-0.15, -0.1) is 0 Å². The van der Waals surface area contributed by atoms with Crippen molar-refractivity contribution in [3.05, 3.63) is 58.9 Å². The van der Waals surface area contributed by atoms with E-state index in [1.807, 2.05) is 31.2 Å². The highest BCUT2D eigenvalue weighted by Crippen LogP contribution is 2.27. The summed E-state index contributed by atoms with van der Waals surface area (Å²) in [6.07, 6.45) is 0.148. The highest BCUT2D eigenvalue weighted by atomic mass is 35.5. The van der Waals surface area contributed by atoms with Crippen molar-refractivity contribution in [2.24, 2.45) is 5.92 Å². The highest BCUT2D eigenvalue weighted by Gasteiger charge is 2.35. The minimum Gasteiger partial charge on any atom is -0.326 e. The zero-order chi connectivity index (χ0) is 17.3. The number of rotatable bonds is 3. The van der Waals surface area contributed by atoms with E-state index in [1.54, 1.807) is 4.90 Å². The third kappa shape index (κ3) is 3.41. The molecule has 0 aliphatic carbocycles. The summed E-state index contributed by atoms with van der Waals surface area (Å²) < 4.78 is 13.2. The molecule has 1 fully saturated rings. The third-order valence-corrected chi connectivity index (χ3v) is 4.29. The molecule has 0 bridgehead atoms. The Labute approximate surface area is 144 Å². The summed E-state index contributed by atoms with van der Waals surface area (Å²) in [6.45, 7) is 2.27. The number of hydrogen-bond acceptors (Lipinski definition) is 2. The molecule has 1 aliphatic heterocycles. The molecule has 2 aromatic rings. The number of aryl methyl sites for hydroxylation is 1. The molecule has 4 nitrogen and oxygen atoms in total. The van der Waals surface area contributed by atoms with Gasteiger partial charge in [-0.25, -0.2) is 4.39 Å². The third-order valence-electron chi connectivity index (χ3n) is 4.00. The van der Waals surface area contributed by atoms with Gasteiger partial charge in [0.2, 0.25) is 11.8 Å². The first-order chi connectivity index (χ1) is 11.4. The smallest absolute Gasteiger partial charge is 0.229 e. The van der Waals surface area contributed by atoms with Crippen molar-refractivity contribution in [3.8, 4) is 0 Å². The lowest BCUT2D eigenvalue weighted by molar-refractivity contribution is -0.122. The molecular weight excluding hydrogens is 331 g/mol. The second-order valence-corrected chi connectivity index (χ2v) is 6.27. The zero-order valence-corrected chi connectivity index (χ0v) is 13.8. The van der Waals surface area contributed by atoms with Crippen LogP contribution in [0, 0.1) is 18.7 Å². The molecule has 0 saturated carbocycles. The van der Waals surface area contributed by atoms with Gasteiger partial charge < -0.3 is 10.2 Å². The average molecular weight is 347 g/mol. The lowest BCUT2D eigenvalue weighted by Gasteiger charge is -2.17. The SMILES string of the molecule is Cc1cccc(N2CC(C(=O)Nc3ccc(F)c(Cl)c3)CC2=O)c1. The Morgan fingerprint density at radius 3 is 2.79 bits per heavy atom. The quantitative estimate of drug-likeness (QED) is 0.919. The Bertz CT molecular complexity index is 809. The van der Waals surface area contributed by atoms with Gasteiger partial charge in [0.1, 0.15) is 5.82 Å². The van der Waals surface area contributed by atoms with Crippen LogP contribution in [0.25, 0.3) is 0 Å². The molecule has 0 radical (unpaired) electrons. The normalized spacial score (nSPS) is 17.2. The zero-order valence-electron chi connectivity index (χ0n) is 13.1. The van der Waals surface area contributed by atoms with Crippen molar-refractivity contribution in [2.75, 3.05) is 16.8 Å². The number of anilines is 2. The van der Waals surface area contributed by atoms with E-state index in [-0.39, 0.29) is 23.3 Å². The molecule has 0 spiro atoms. The molecule has 24 heavy (non-hydrogen) atoms. The average Bonchev–Trinajstić information content (AvgIpc) is 2.93. The molecule has 124 valence electrons. The minimum atomic E-state index is -0.545. The fourth-order valence-corrected chi connectivity index (χ4v) is 2.93. The molecule has 1 atom stereocenters. The van der Waals surface area contributed by atoms with Crippen LogP contribution in [0.2, 0.25) is 5.02 Å². The summed E-state index contributed by atoms with van der Waals surface area (Å²) in [4.78, 5) is 26.2. The monoisotopic (exact) mass is 346 g/mol. The topological polar surface area (TPSA) is 49.4 Å². The van der Waals surface area contributed by atoms with Crippen molar-refractivity contribution in [2.45, 2.75) is 13.3 Å². The van der Waals surface area contributed by atoms with Crippen molar-refractivity contribution >= 4 is 34.8 Å². The van der Waals surface area contributed by atoms with Crippen LogP contribution in [0.1, 0.15) is 12.0 Å². The van der Waals surface area contributed by atoms with Gasteiger partial charge in [-0.3, -0.25) is 9.59 Å². The van der Waals surface area contributed by atoms with Crippen LogP contribution in [0.5, 0.6) is 0 Å². The maximum Gasteiger partial charge on any atom is 0.229 e. The van der Waals surface area contributed by atoms with E-state index < -0.39 is 11.7 Å². The molecular formula is C18H16ClFN2O2. The number of hydrogen-bond donors (Lipinski definition) is 1. The van der Waals surface area contributed by atoms with E-state index in [1.165, 1.54) is 18.2 Å². The van der Waals surface area contributed by atoms with Gasteiger partial charge >= 0.3 is 0 Å². The Hall–Kier alpha value is -2.40. The summed E-state index contributed by atoms with van der Waals surface area (Å²) in [5.74, 6) is -1.36. The van der Waals surface area contributed by atoms with Crippen LogP contribution in [0.4, 0.5) is 15.8 Å². The summed E-state index contributed by atoms with van der Waals surface area (Å²) in [5, 5.41) is 2.63. The molecule has 1 heterocycles. The van der Waals surface area contributed by atoms with E-state index >= 15 is 0 Å². The Morgan fingerprint density at radius 1 is 1.29 bits per heavy atom. The van der Waals surface area contributed by atoms with Crippen molar-refractivity contribution in [1.29, 1.82) is 0 Å². The van der Waals surface area contributed by atoms with E-state index in [0.717, 1.165) is 11.3 Å². The number of carbonyl (C=O) groups excluding carboxylic acids is 2. The van der Waals surface area contributed by atoms with Crippen LogP contribution < -0.4 is 10.2 Å². The van der Waals surface area contributed by atoms with Gasteiger partial charge in [0.05, 0.1) is 10.9 Å². The predicted molar refractivity (Wildman–Crippen MR) is 91.7 cm³/mol. The van der Waals surface area contributed by atoms with Crippen molar-refractivity contribution < 1.29 is 14.0 Å². The maximum absolute atomic E-state index is 13.2. The molecule has 1 aliphatic rings. The fourth-order valence-electron chi connectivity index (χ4n) is 2.75. The lowest BCUT2D eigenvalue weighted by atomic mass is 10.1. The Balaban J connectivity index is 1.70. The molecule has 6 heteroatoms. The van der Waals surface area contributed by atoms with Crippen LogP contribution in [-0.2, 0) is 9.59 Å². The van der Waals surface area contributed by atoms with Gasteiger partial charge in [-0.05, 0) is 42.8 Å². The first-order valence-electron chi connectivity index (χ1n) is 7.57. The van der Waals surface area contributed by atoms with Crippen LogP contribution in [0.15, 0.2) is 42.5 Å². The van der Waals surface area contributed by atoms with Gasteiger partial charge in [0.25, 0.3) is 0 Å². The van der Waals surface area contributed by atoms with Crippen LogP contribution >= 0.6 is 11.6 Å². The molecule has 3 rings (SSSR count). The van der Waals surface area contributed by atoms with E-state index in [4.69, 9.17) is 11.6 Å².